The third-order valence-corrected chi connectivity index (χ3v) is 6.87. The van der Waals surface area contributed by atoms with Crippen molar-refractivity contribution in [2.24, 2.45) is 0 Å². The van der Waals surface area contributed by atoms with Gasteiger partial charge in [-0.15, -0.1) is 11.3 Å². The van der Waals surface area contributed by atoms with Crippen molar-refractivity contribution in [2.75, 3.05) is 20.3 Å². The zero-order chi connectivity index (χ0) is 23.5. The first-order valence-corrected chi connectivity index (χ1v) is 11.6. The fourth-order valence-corrected chi connectivity index (χ4v) is 4.73. The number of carbonyl (C=O) groups excluding carboxylic acids is 2. The Morgan fingerprint density at radius 1 is 1.06 bits per heavy atom. The van der Waals surface area contributed by atoms with E-state index >= 15 is 0 Å². The predicted molar refractivity (Wildman–Crippen MR) is 128 cm³/mol. The molecule has 0 aliphatic carbocycles. The van der Waals surface area contributed by atoms with Crippen LogP contribution < -0.4 is 9.47 Å². The van der Waals surface area contributed by atoms with Gasteiger partial charge in [0.25, 0.3) is 11.7 Å². The van der Waals surface area contributed by atoms with Gasteiger partial charge < -0.3 is 19.5 Å². The number of halogens is 2. The standard InChI is InChI=1S/C24H19Cl2NO5S/c1-31-15-5-7-16(8-6-15)32-11-10-27-21(19-3-2-12-33-19)20(23(29)24(27)30)22(28)14-4-9-17(25)18(26)13-14/h2-9,12-13,21,28H,10-11H2,1H3/b22-20-. The Morgan fingerprint density at radius 2 is 1.79 bits per heavy atom. The summed E-state index contributed by atoms with van der Waals surface area (Å²) in [6.45, 7) is 0.311. The van der Waals surface area contributed by atoms with Gasteiger partial charge in [0.1, 0.15) is 23.9 Å². The number of likely N-dealkylation sites (tertiary alicyclic amines) is 1. The van der Waals surface area contributed by atoms with E-state index in [-0.39, 0.29) is 29.5 Å². The molecule has 1 aromatic heterocycles. The molecule has 3 aromatic rings. The van der Waals surface area contributed by atoms with Crippen molar-refractivity contribution in [1.29, 1.82) is 0 Å². The van der Waals surface area contributed by atoms with Gasteiger partial charge in [0.2, 0.25) is 0 Å². The zero-order valence-electron chi connectivity index (χ0n) is 17.5. The number of benzene rings is 2. The largest absolute Gasteiger partial charge is 0.507 e. The van der Waals surface area contributed by atoms with Crippen LogP contribution in [0.15, 0.2) is 65.6 Å². The van der Waals surface area contributed by atoms with Gasteiger partial charge in [-0.05, 0) is 53.9 Å². The molecule has 0 bridgehead atoms. The lowest BCUT2D eigenvalue weighted by Crippen LogP contribution is -2.33. The molecule has 1 fully saturated rings. The highest BCUT2D eigenvalue weighted by Gasteiger charge is 2.46. The Kier molecular flexibility index (Phi) is 6.93. The molecule has 2 heterocycles. The number of carbonyl (C=O) groups is 2. The number of Topliss-reactive ketones (excluding diaryl/α,β-unsaturated/α-hetero) is 1. The molecule has 0 saturated carbocycles. The lowest BCUT2D eigenvalue weighted by atomic mass is 10.00. The van der Waals surface area contributed by atoms with Gasteiger partial charge in [0.05, 0.1) is 35.3 Å². The van der Waals surface area contributed by atoms with Crippen LogP contribution in [0.4, 0.5) is 0 Å². The first-order valence-electron chi connectivity index (χ1n) is 9.94. The Bertz CT molecular complexity index is 1210. The Hall–Kier alpha value is -3.00. The number of methoxy groups -OCH3 is 1. The van der Waals surface area contributed by atoms with Crippen LogP contribution in [0, 0.1) is 0 Å². The van der Waals surface area contributed by atoms with Crippen LogP contribution in [0.1, 0.15) is 16.5 Å². The molecule has 1 atom stereocenters. The summed E-state index contributed by atoms with van der Waals surface area (Å²) in [5, 5.41) is 13.4. The summed E-state index contributed by atoms with van der Waals surface area (Å²) in [4.78, 5) is 28.1. The molecule has 1 aliphatic rings. The first-order chi connectivity index (χ1) is 15.9. The predicted octanol–water partition coefficient (Wildman–Crippen LogP) is 5.56. The fraction of sp³-hybridized carbons (Fsp3) is 0.167. The lowest BCUT2D eigenvalue weighted by molar-refractivity contribution is -0.140. The number of ketones is 1. The molecule has 33 heavy (non-hydrogen) atoms. The van der Waals surface area contributed by atoms with Crippen LogP contribution in [-0.2, 0) is 9.59 Å². The molecular weight excluding hydrogens is 485 g/mol. The molecule has 6 nitrogen and oxygen atoms in total. The minimum absolute atomic E-state index is 0.00489. The van der Waals surface area contributed by atoms with E-state index in [0.29, 0.717) is 22.1 Å². The molecule has 170 valence electrons. The van der Waals surface area contributed by atoms with E-state index in [4.69, 9.17) is 32.7 Å². The number of ether oxygens (including phenoxy) is 2. The highest BCUT2D eigenvalue weighted by molar-refractivity contribution is 7.10. The fourth-order valence-electron chi connectivity index (χ4n) is 3.59. The van der Waals surface area contributed by atoms with Crippen LogP contribution >= 0.6 is 34.5 Å². The first kappa shape index (κ1) is 23.2. The third-order valence-electron chi connectivity index (χ3n) is 5.21. The molecule has 2 aromatic carbocycles. The van der Waals surface area contributed by atoms with E-state index in [9.17, 15) is 14.7 Å². The van der Waals surface area contributed by atoms with Gasteiger partial charge in [-0.25, -0.2) is 0 Å². The minimum Gasteiger partial charge on any atom is -0.507 e. The maximum Gasteiger partial charge on any atom is 0.295 e. The van der Waals surface area contributed by atoms with Crippen LogP contribution in [0.3, 0.4) is 0 Å². The monoisotopic (exact) mass is 503 g/mol. The van der Waals surface area contributed by atoms with Crippen molar-refractivity contribution >= 4 is 52.0 Å². The number of rotatable bonds is 7. The SMILES string of the molecule is COc1ccc(OCCN2C(=O)C(=O)/C(=C(\O)c3ccc(Cl)c(Cl)c3)C2c2cccs2)cc1. The molecule has 1 aliphatic heterocycles. The van der Waals surface area contributed by atoms with Crippen molar-refractivity contribution in [3.63, 3.8) is 0 Å². The van der Waals surface area contributed by atoms with E-state index in [1.54, 1.807) is 37.4 Å². The summed E-state index contributed by atoms with van der Waals surface area (Å²) >= 11 is 13.5. The van der Waals surface area contributed by atoms with Crippen LogP contribution in [0.5, 0.6) is 11.5 Å². The summed E-state index contributed by atoms with van der Waals surface area (Å²) in [5.74, 6) is -0.456. The second-order valence-corrected chi connectivity index (χ2v) is 8.95. The van der Waals surface area contributed by atoms with Crippen LogP contribution in [0.25, 0.3) is 5.76 Å². The maximum atomic E-state index is 13.0. The van der Waals surface area contributed by atoms with Crippen LogP contribution in [-0.4, -0.2) is 42.0 Å². The summed E-state index contributed by atoms with van der Waals surface area (Å²) in [6, 6.07) is 14.5. The van der Waals surface area contributed by atoms with Gasteiger partial charge in [0, 0.05) is 10.4 Å². The molecule has 1 amide bonds. The molecule has 0 radical (unpaired) electrons. The molecule has 0 spiro atoms. The number of aliphatic hydroxyl groups is 1. The van der Waals surface area contributed by atoms with Crippen molar-refractivity contribution in [1.82, 2.24) is 4.90 Å². The number of hydrogen-bond acceptors (Lipinski definition) is 6. The third kappa shape index (κ3) is 4.71. The smallest absolute Gasteiger partial charge is 0.295 e. The number of thiophene rings is 1. The minimum atomic E-state index is -0.763. The number of amides is 1. The summed E-state index contributed by atoms with van der Waals surface area (Å²) < 4.78 is 10.9. The van der Waals surface area contributed by atoms with Gasteiger partial charge in [-0.1, -0.05) is 29.3 Å². The molecule has 1 saturated heterocycles. The molecular formula is C24H19Cl2NO5S. The molecule has 4 rings (SSSR count). The average Bonchev–Trinajstić information content (AvgIpc) is 3.43. The number of aliphatic hydroxyl groups excluding tert-OH is 1. The Balaban J connectivity index is 1.63. The topological polar surface area (TPSA) is 76.1 Å². The highest BCUT2D eigenvalue weighted by atomic mass is 35.5. The number of hydrogen-bond donors (Lipinski definition) is 1. The highest BCUT2D eigenvalue weighted by Crippen LogP contribution is 2.41. The molecule has 9 heteroatoms. The Labute approximate surface area is 204 Å². The van der Waals surface area contributed by atoms with Gasteiger partial charge in [0.15, 0.2) is 0 Å². The molecule has 1 N–H and O–H groups in total. The maximum absolute atomic E-state index is 13.0. The van der Waals surface area contributed by atoms with E-state index < -0.39 is 17.7 Å². The van der Waals surface area contributed by atoms with Crippen molar-refractivity contribution < 1.29 is 24.2 Å². The van der Waals surface area contributed by atoms with E-state index in [0.717, 1.165) is 4.88 Å². The van der Waals surface area contributed by atoms with E-state index in [1.165, 1.54) is 28.4 Å². The van der Waals surface area contributed by atoms with Crippen molar-refractivity contribution in [3.05, 3.63) is 86.0 Å². The summed E-state index contributed by atoms with van der Waals surface area (Å²) in [6.07, 6.45) is 0. The van der Waals surface area contributed by atoms with Crippen molar-refractivity contribution in [3.8, 4) is 11.5 Å². The normalized spacial score (nSPS) is 17.4. The quantitative estimate of drug-likeness (QED) is 0.259. The summed E-state index contributed by atoms with van der Waals surface area (Å²) in [5.41, 5.74) is 0.309. The number of nitrogens with zero attached hydrogens (tertiary/aromatic N) is 1. The average molecular weight is 504 g/mol. The molecule has 1 unspecified atom stereocenters. The zero-order valence-corrected chi connectivity index (χ0v) is 19.8. The Morgan fingerprint density at radius 3 is 2.42 bits per heavy atom. The van der Waals surface area contributed by atoms with E-state index in [2.05, 4.69) is 0 Å². The lowest BCUT2D eigenvalue weighted by Gasteiger charge is -2.24. The van der Waals surface area contributed by atoms with E-state index in [1.807, 2.05) is 17.5 Å². The summed E-state index contributed by atoms with van der Waals surface area (Å²) in [7, 11) is 1.58. The van der Waals surface area contributed by atoms with Gasteiger partial charge in [-0.2, -0.15) is 0 Å². The van der Waals surface area contributed by atoms with Crippen molar-refractivity contribution in [2.45, 2.75) is 6.04 Å². The second kappa shape index (κ2) is 9.87. The van der Waals surface area contributed by atoms with Gasteiger partial charge in [-0.3, -0.25) is 9.59 Å². The second-order valence-electron chi connectivity index (χ2n) is 7.16. The van der Waals surface area contributed by atoms with Crippen LogP contribution in [0.2, 0.25) is 10.0 Å². The van der Waals surface area contributed by atoms with Gasteiger partial charge >= 0.3 is 0 Å².